The molecule has 0 spiro atoms. The summed E-state index contributed by atoms with van der Waals surface area (Å²) in [5.74, 6) is 0.187. The van der Waals surface area contributed by atoms with Crippen molar-refractivity contribution in [2.24, 2.45) is 0 Å². The molecule has 7 aromatic carbocycles. The van der Waals surface area contributed by atoms with E-state index in [0.717, 1.165) is 54.6 Å². The molecule has 11 aromatic rings. The monoisotopic (exact) mass is 890 g/mol. The van der Waals surface area contributed by atoms with Gasteiger partial charge >= 0.3 is 0 Å². The maximum Gasteiger partial charge on any atom is 0.266 e. The van der Waals surface area contributed by atoms with Crippen LogP contribution in [0.3, 0.4) is 0 Å². The quantitative estimate of drug-likeness (QED) is 0.0897. The van der Waals surface area contributed by atoms with Gasteiger partial charge in [0, 0.05) is 48.5 Å². The summed E-state index contributed by atoms with van der Waals surface area (Å²) in [5, 5.41) is 8.23. The van der Waals surface area contributed by atoms with Gasteiger partial charge < -0.3 is 0 Å². The van der Waals surface area contributed by atoms with E-state index in [1.807, 2.05) is 91.0 Å². The molecule has 63 heavy (non-hydrogen) atoms. The predicted octanol–water partition coefficient (Wildman–Crippen LogP) is 12.2. The molecule has 0 amide bonds. The van der Waals surface area contributed by atoms with Crippen molar-refractivity contribution >= 4 is 91.5 Å². The van der Waals surface area contributed by atoms with Crippen LogP contribution in [0.5, 0.6) is 0 Å². The first-order valence-electron chi connectivity index (χ1n) is 21.7. The normalized spacial score (nSPS) is 12.7. The van der Waals surface area contributed by atoms with Gasteiger partial charge in [-0.25, -0.2) is 19.1 Å². The second-order valence-corrected chi connectivity index (χ2v) is 19.2. The highest BCUT2D eigenvalue weighted by atomic mass is 79.9. The van der Waals surface area contributed by atoms with Crippen LogP contribution in [0.25, 0.3) is 98.3 Å². The molecule has 0 N–H and O–H groups in total. The van der Waals surface area contributed by atoms with E-state index in [2.05, 4.69) is 71.3 Å². The third-order valence-electron chi connectivity index (χ3n) is 13.4. The lowest BCUT2D eigenvalue weighted by atomic mass is 9.83. The van der Waals surface area contributed by atoms with Crippen molar-refractivity contribution in [3.63, 3.8) is 0 Å². The minimum atomic E-state index is -0.402. The molecule has 9 heteroatoms. The van der Waals surface area contributed by atoms with Gasteiger partial charge in [0.05, 0.1) is 33.7 Å². The van der Waals surface area contributed by atoms with Crippen molar-refractivity contribution < 1.29 is 0 Å². The molecule has 0 bridgehead atoms. The molecule has 8 nitrogen and oxygen atoms in total. The highest BCUT2D eigenvalue weighted by Crippen LogP contribution is 2.49. The highest BCUT2D eigenvalue weighted by molar-refractivity contribution is 9.10. The minimum Gasteiger partial charge on any atom is -0.268 e. The number of rotatable bonds is 7. The number of fused-ring (bicyclic) bond motifs is 1. The number of para-hydroxylation sites is 2. The fourth-order valence-corrected chi connectivity index (χ4v) is 10.9. The van der Waals surface area contributed by atoms with Gasteiger partial charge in [0.15, 0.2) is 0 Å². The highest BCUT2D eigenvalue weighted by Gasteiger charge is 2.30. The van der Waals surface area contributed by atoms with Crippen LogP contribution in [0.1, 0.15) is 101 Å². The zero-order valence-electron chi connectivity index (χ0n) is 36.3. The van der Waals surface area contributed by atoms with E-state index in [1.54, 1.807) is 0 Å². The van der Waals surface area contributed by atoms with Gasteiger partial charge in [-0.3, -0.25) is 19.2 Å². The number of aromatic nitrogens is 4. The van der Waals surface area contributed by atoms with E-state index in [9.17, 15) is 0 Å². The smallest absolute Gasteiger partial charge is 0.266 e. The van der Waals surface area contributed by atoms with Crippen molar-refractivity contribution in [3.05, 3.63) is 159 Å². The first-order valence-corrected chi connectivity index (χ1v) is 22.5. The maximum absolute atomic E-state index is 15.4. The second-order valence-electron chi connectivity index (χ2n) is 18.4. The van der Waals surface area contributed by atoms with Gasteiger partial charge in [-0.1, -0.05) is 110 Å². The van der Waals surface area contributed by atoms with Crippen LogP contribution in [0.2, 0.25) is 0 Å². The van der Waals surface area contributed by atoms with E-state index in [-0.39, 0.29) is 34.8 Å². The zero-order valence-corrected chi connectivity index (χ0v) is 37.9. The molecule has 0 unspecified atom stereocenters. The van der Waals surface area contributed by atoms with E-state index < -0.39 is 11.1 Å². The summed E-state index contributed by atoms with van der Waals surface area (Å²) < 4.78 is 3.40. The topological polar surface area (TPSA) is 104 Å². The molecule has 0 atom stereocenters. The largest absolute Gasteiger partial charge is 0.268 e. The van der Waals surface area contributed by atoms with Gasteiger partial charge in [0.1, 0.15) is 4.60 Å². The third-order valence-corrected chi connectivity index (χ3v) is 13.8. The molecule has 0 fully saturated rings. The first-order chi connectivity index (χ1) is 30.2. The van der Waals surface area contributed by atoms with Gasteiger partial charge in [0.25, 0.3) is 22.2 Å². The summed E-state index contributed by atoms with van der Waals surface area (Å²) in [6.45, 7) is 16.6. The molecule has 4 heterocycles. The first kappa shape index (κ1) is 39.3. The van der Waals surface area contributed by atoms with Crippen LogP contribution in [0.15, 0.2) is 115 Å². The summed E-state index contributed by atoms with van der Waals surface area (Å²) in [6, 6.07) is 29.0. The predicted molar refractivity (Wildman–Crippen MR) is 263 cm³/mol. The van der Waals surface area contributed by atoms with Gasteiger partial charge in [-0.2, -0.15) is 0 Å². The molecular weight excluding hydrogens is 849 g/mol. The van der Waals surface area contributed by atoms with Crippen LogP contribution in [0, 0.1) is 0 Å². The number of hydrogen-bond donors (Lipinski definition) is 0. The van der Waals surface area contributed by atoms with E-state index in [0.29, 0.717) is 70.6 Å². The lowest BCUT2D eigenvalue weighted by Crippen LogP contribution is -2.34. The number of pyridine rings is 4. The fraction of sp³-hybridized carbons (Fsp3) is 0.222. The average molecular weight is 892 g/mol. The Kier molecular flexibility index (Phi) is 8.55. The Morgan fingerprint density at radius 3 is 1.27 bits per heavy atom. The fourth-order valence-electron chi connectivity index (χ4n) is 10.6. The average Bonchev–Trinajstić information content (AvgIpc) is 3.26. The number of nitrogens with zero attached hydrogens (tertiary/aromatic N) is 4. The van der Waals surface area contributed by atoms with Crippen molar-refractivity contribution in [1.29, 1.82) is 0 Å². The number of benzene rings is 7. The molecule has 4 aromatic heterocycles. The van der Waals surface area contributed by atoms with E-state index in [4.69, 9.17) is 9.97 Å². The molecule has 0 saturated heterocycles. The Hall–Kier alpha value is -6.58. The molecule has 0 aliphatic rings. The van der Waals surface area contributed by atoms with Crippen LogP contribution < -0.4 is 22.2 Å². The van der Waals surface area contributed by atoms with Crippen molar-refractivity contribution in [2.75, 3.05) is 0 Å². The molecule has 11 rings (SSSR count). The van der Waals surface area contributed by atoms with Crippen LogP contribution in [-0.4, -0.2) is 19.1 Å². The lowest BCUT2D eigenvalue weighted by Gasteiger charge is -2.24. The Balaban J connectivity index is 1.37. The Labute approximate surface area is 370 Å². The lowest BCUT2D eigenvalue weighted by molar-refractivity contribution is 0.792. The van der Waals surface area contributed by atoms with Crippen LogP contribution in [0.4, 0.5) is 0 Å². The Morgan fingerprint density at radius 1 is 0.413 bits per heavy atom. The van der Waals surface area contributed by atoms with Crippen molar-refractivity contribution in [1.82, 2.24) is 19.1 Å². The summed E-state index contributed by atoms with van der Waals surface area (Å²) in [7, 11) is 0. The maximum atomic E-state index is 15.4. The van der Waals surface area contributed by atoms with Crippen LogP contribution in [-0.2, 0) is 0 Å². The van der Waals surface area contributed by atoms with E-state index in [1.165, 1.54) is 9.13 Å². The number of halogens is 1. The van der Waals surface area contributed by atoms with Gasteiger partial charge in [-0.15, -0.1) is 0 Å². The molecule has 0 radical (unpaired) electrons. The van der Waals surface area contributed by atoms with Gasteiger partial charge in [0.2, 0.25) is 0 Å². The number of hydrogen-bond acceptors (Lipinski definition) is 6. The van der Waals surface area contributed by atoms with E-state index >= 15 is 19.2 Å². The van der Waals surface area contributed by atoms with Crippen LogP contribution >= 0.6 is 15.9 Å². The molecule has 0 aliphatic heterocycles. The Morgan fingerprint density at radius 2 is 0.810 bits per heavy atom. The van der Waals surface area contributed by atoms with Crippen molar-refractivity contribution in [2.45, 2.75) is 79.1 Å². The van der Waals surface area contributed by atoms with Gasteiger partial charge in [-0.05, 0) is 114 Å². The summed E-state index contributed by atoms with van der Waals surface area (Å²) >= 11 is 3.58. The summed E-state index contributed by atoms with van der Waals surface area (Å²) in [6.07, 6.45) is 0. The molecular formula is C54H43BrN4O4. The molecule has 310 valence electrons. The summed E-state index contributed by atoms with van der Waals surface area (Å²) in [4.78, 5) is 71.0. The zero-order chi connectivity index (χ0) is 44.1. The Bertz CT molecular complexity index is 3930. The summed E-state index contributed by atoms with van der Waals surface area (Å²) in [5.41, 5.74) is 5.08. The minimum absolute atomic E-state index is 0.0450. The molecule has 0 saturated carbocycles. The standard InChI is InChI=1S/C54H43BrN4O4/c1-24(2)28-12-9-13-29(25(3)4)49(28)58-51(60)34-20-18-32-33-19-21-35-43-38(54(63)59(52(35)61)50-30(26(5)6)14-10-15-31(50)27(7)8)23-40-47(45(33)43)46-36(22-37(53(58)62)42(34)44(32)46)48(57-40)39-16-11-17-41(55)56-39/h9-27H,1-8H3. The third kappa shape index (κ3) is 5.26. The second kappa shape index (κ2) is 13.7. The molecule has 0 aliphatic carbocycles. The van der Waals surface area contributed by atoms with Crippen molar-refractivity contribution in [3.8, 4) is 22.8 Å². The SMILES string of the molecule is CC(C)c1cccc(C(C)C)c1-n1c(=O)c2ccc3c4ccc5c(=O)n(-c6c(C(C)C)cccc6C(C)C)c(=O)c6cc7c(-c8cccc(Br)n8)nc8cc(c1=O)c2c3c8c7c4c56.